The Balaban J connectivity index is 1.71. The minimum atomic E-state index is -4.46. The van der Waals surface area contributed by atoms with Crippen molar-refractivity contribution in [1.29, 1.82) is 0 Å². The minimum Gasteiger partial charge on any atom is -0.454 e. The van der Waals surface area contributed by atoms with E-state index >= 15 is 0 Å². The van der Waals surface area contributed by atoms with Gasteiger partial charge in [-0.3, -0.25) is 4.79 Å². The Morgan fingerprint density at radius 3 is 2.55 bits per heavy atom. The van der Waals surface area contributed by atoms with Gasteiger partial charge in [0.05, 0.1) is 11.1 Å². The van der Waals surface area contributed by atoms with Crippen LogP contribution < -0.4 is 4.74 Å². The van der Waals surface area contributed by atoms with E-state index in [4.69, 9.17) is 9.73 Å². The maximum Gasteiger partial charge on any atom is 0.416 e. The van der Waals surface area contributed by atoms with Gasteiger partial charge in [0.15, 0.2) is 5.75 Å². The van der Waals surface area contributed by atoms with Crippen LogP contribution in [-0.2, 0) is 11.0 Å². The maximum atomic E-state index is 13.2. The highest BCUT2D eigenvalue weighted by Gasteiger charge is 2.33. The molecule has 5 nitrogen and oxygen atoms in total. The molecule has 0 aliphatic carbocycles. The number of nitrogens with zero attached hydrogens (tertiary/aromatic N) is 3. The second kappa shape index (κ2) is 8.24. The van der Waals surface area contributed by atoms with E-state index in [2.05, 4.69) is 4.90 Å². The number of carbonyl (C=O) groups excluding carboxylic acids is 1. The highest BCUT2D eigenvalue weighted by Crippen LogP contribution is 2.41. The van der Waals surface area contributed by atoms with E-state index < -0.39 is 11.7 Å². The molecule has 0 aromatic heterocycles. The predicted octanol–water partition coefficient (Wildman–Crippen LogP) is 5.08. The number of carbonyl (C=O) groups is 1. The lowest BCUT2D eigenvalue weighted by Gasteiger charge is -2.26. The lowest BCUT2D eigenvalue weighted by molar-refractivity contribution is -0.137. The molecule has 4 rings (SSSR count). The van der Waals surface area contributed by atoms with Crippen molar-refractivity contribution in [2.45, 2.75) is 26.4 Å². The predicted molar refractivity (Wildman–Crippen MR) is 112 cm³/mol. The van der Waals surface area contributed by atoms with Crippen LogP contribution in [0.1, 0.15) is 31.4 Å². The first-order valence-corrected chi connectivity index (χ1v) is 10.3. The normalized spacial score (nSPS) is 16.6. The van der Waals surface area contributed by atoms with Gasteiger partial charge in [-0.1, -0.05) is 26.0 Å². The second-order valence-corrected chi connectivity index (χ2v) is 8.03. The van der Waals surface area contributed by atoms with Crippen molar-refractivity contribution in [2.75, 3.05) is 26.2 Å². The molecule has 0 N–H and O–H groups in total. The van der Waals surface area contributed by atoms with Crippen molar-refractivity contribution in [3.63, 3.8) is 0 Å². The SMILES string of the molecule is CC(C)C(=O)N1CCCN(C2=Nc3ccc(C(F)(F)F)cc3Oc3ccccc32)CC1. The Hall–Kier alpha value is -3.03. The fourth-order valence-electron chi connectivity index (χ4n) is 3.85. The van der Waals surface area contributed by atoms with Gasteiger partial charge in [0.1, 0.15) is 17.3 Å². The molecule has 1 fully saturated rings. The average molecular weight is 431 g/mol. The lowest BCUT2D eigenvalue weighted by Crippen LogP contribution is -2.39. The summed E-state index contributed by atoms with van der Waals surface area (Å²) in [5.74, 6) is 1.24. The third kappa shape index (κ3) is 4.38. The first-order chi connectivity index (χ1) is 14.7. The number of hydrogen-bond acceptors (Lipinski definition) is 4. The molecule has 0 radical (unpaired) electrons. The van der Waals surface area contributed by atoms with Crippen LogP contribution in [0.2, 0.25) is 0 Å². The molecule has 164 valence electrons. The van der Waals surface area contributed by atoms with Crippen molar-refractivity contribution in [3.8, 4) is 11.5 Å². The third-order valence-electron chi connectivity index (χ3n) is 5.46. The minimum absolute atomic E-state index is 0.0643. The summed E-state index contributed by atoms with van der Waals surface area (Å²) < 4.78 is 45.5. The van der Waals surface area contributed by atoms with E-state index in [1.54, 1.807) is 12.1 Å². The monoisotopic (exact) mass is 431 g/mol. The van der Waals surface area contributed by atoms with Gasteiger partial charge in [0.2, 0.25) is 5.91 Å². The van der Waals surface area contributed by atoms with Gasteiger partial charge in [-0.2, -0.15) is 13.2 Å². The maximum absolute atomic E-state index is 13.2. The first kappa shape index (κ1) is 21.2. The van der Waals surface area contributed by atoms with E-state index in [-0.39, 0.29) is 17.6 Å². The molecule has 1 amide bonds. The Bertz CT molecular complexity index is 1020. The molecule has 2 aromatic rings. The Labute approximate surface area is 179 Å². The number of amidine groups is 1. The molecular weight excluding hydrogens is 407 g/mol. The number of rotatable bonds is 1. The number of halogens is 3. The van der Waals surface area contributed by atoms with Crippen LogP contribution in [0.25, 0.3) is 0 Å². The molecule has 8 heteroatoms. The number of hydrogen-bond donors (Lipinski definition) is 0. The van der Waals surface area contributed by atoms with Crippen LogP contribution in [0.15, 0.2) is 47.5 Å². The van der Waals surface area contributed by atoms with Crippen molar-refractivity contribution >= 4 is 17.4 Å². The summed E-state index contributed by atoms with van der Waals surface area (Å²) in [4.78, 5) is 21.1. The van der Waals surface area contributed by atoms with Gasteiger partial charge < -0.3 is 14.5 Å². The summed E-state index contributed by atoms with van der Waals surface area (Å²) >= 11 is 0. The van der Waals surface area contributed by atoms with Gasteiger partial charge in [-0.05, 0) is 36.8 Å². The van der Waals surface area contributed by atoms with E-state index in [1.807, 2.05) is 30.9 Å². The van der Waals surface area contributed by atoms with E-state index in [0.717, 1.165) is 24.1 Å². The highest BCUT2D eigenvalue weighted by molar-refractivity contribution is 6.03. The fraction of sp³-hybridized carbons (Fsp3) is 0.391. The van der Waals surface area contributed by atoms with Gasteiger partial charge in [0.25, 0.3) is 0 Å². The van der Waals surface area contributed by atoms with Crippen molar-refractivity contribution in [2.24, 2.45) is 10.9 Å². The first-order valence-electron chi connectivity index (χ1n) is 10.3. The van der Waals surface area contributed by atoms with Crippen LogP contribution >= 0.6 is 0 Å². The van der Waals surface area contributed by atoms with E-state index in [0.29, 0.717) is 43.5 Å². The van der Waals surface area contributed by atoms with Crippen LogP contribution in [0.3, 0.4) is 0 Å². The molecule has 2 aliphatic rings. The number of ether oxygens (including phenoxy) is 1. The molecule has 0 unspecified atom stereocenters. The van der Waals surface area contributed by atoms with Gasteiger partial charge in [0, 0.05) is 32.1 Å². The van der Waals surface area contributed by atoms with Crippen molar-refractivity contribution in [1.82, 2.24) is 9.80 Å². The van der Waals surface area contributed by atoms with Gasteiger partial charge in [-0.15, -0.1) is 0 Å². The fourth-order valence-corrected chi connectivity index (χ4v) is 3.85. The molecule has 0 spiro atoms. The Morgan fingerprint density at radius 1 is 1.03 bits per heavy atom. The van der Waals surface area contributed by atoms with Gasteiger partial charge >= 0.3 is 6.18 Å². The zero-order valence-electron chi connectivity index (χ0n) is 17.4. The Morgan fingerprint density at radius 2 is 1.81 bits per heavy atom. The summed E-state index contributed by atoms with van der Waals surface area (Å²) in [6.45, 7) is 6.29. The molecule has 2 aliphatic heterocycles. The largest absolute Gasteiger partial charge is 0.454 e. The van der Waals surface area contributed by atoms with Crippen LogP contribution in [-0.4, -0.2) is 47.7 Å². The summed E-state index contributed by atoms with van der Waals surface area (Å²) in [6.07, 6.45) is -3.69. The summed E-state index contributed by atoms with van der Waals surface area (Å²) in [5, 5.41) is 0. The van der Waals surface area contributed by atoms with Crippen LogP contribution in [0.5, 0.6) is 11.5 Å². The molecular formula is C23H24F3N3O2. The number of para-hydroxylation sites is 1. The number of alkyl halides is 3. The van der Waals surface area contributed by atoms with E-state index in [9.17, 15) is 18.0 Å². The Kier molecular flexibility index (Phi) is 5.64. The number of benzene rings is 2. The lowest BCUT2D eigenvalue weighted by atomic mass is 10.1. The molecule has 31 heavy (non-hydrogen) atoms. The summed E-state index contributed by atoms with van der Waals surface area (Å²) in [5.41, 5.74) is 0.287. The molecule has 2 aromatic carbocycles. The number of amides is 1. The summed E-state index contributed by atoms with van der Waals surface area (Å²) in [6, 6.07) is 10.6. The topological polar surface area (TPSA) is 45.1 Å². The molecule has 0 saturated carbocycles. The second-order valence-electron chi connectivity index (χ2n) is 8.03. The number of fused-ring (bicyclic) bond motifs is 2. The molecule has 0 atom stereocenters. The van der Waals surface area contributed by atoms with Crippen LogP contribution in [0, 0.1) is 5.92 Å². The van der Waals surface area contributed by atoms with Gasteiger partial charge in [-0.25, -0.2) is 4.99 Å². The standard InChI is InChI=1S/C23H24F3N3O2/c1-15(2)22(30)29-11-5-10-28(12-13-29)21-17-6-3-4-7-19(17)31-20-14-16(23(24,25)26)8-9-18(20)27-21/h3-4,6-9,14-15H,5,10-13H2,1-2H3. The van der Waals surface area contributed by atoms with Crippen molar-refractivity contribution in [3.05, 3.63) is 53.6 Å². The molecule has 2 heterocycles. The number of aliphatic imine (C=N–C) groups is 1. The zero-order chi connectivity index (χ0) is 22.2. The molecule has 1 saturated heterocycles. The quantitative estimate of drug-likeness (QED) is 0.633. The van der Waals surface area contributed by atoms with Crippen LogP contribution in [0.4, 0.5) is 18.9 Å². The third-order valence-corrected chi connectivity index (χ3v) is 5.46. The average Bonchev–Trinajstić information content (AvgIpc) is 3.06. The zero-order valence-corrected chi connectivity index (χ0v) is 17.4. The summed E-state index contributed by atoms with van der Waals surface area (Å²) in [7, 11) is 0. The molecule has 0 bridgehead atoms. The highest BCUT2D eigenvalue weighted by atomic mass is 19.4. The van der Waals surface area contributed by atoms with Crippen molar-refractivity contribution < 1.29 is 22.7 Å². The smallest absolute Gasteiger partial charge is 0.416 e. The van der Waals surface area contributed by atoms with E-state index in [1.165, 1.54) is 6.07 Å².